The minimum atomic E-state index is -0.385. The van der Waals surface area contributed by atoms with Gasteiger partial charge in [0, 0.05) is 7.05 Å². The fourth-order valence-corrected chi connectivity index (χ4v) is 2.32. The summed E-state index contributed by atoms with van der Waals surface area (Å²) in [7, 11) is 1.55. The van der Waals surface area contributed by atoms with Crippen LogP contribution in [-0.4, -0.2) is 27.0 Å². The molecule has 2 N–H and O–H groups in total. The van der Waals surface area contributed by atoms with Gasteiger partial charge in [-0.1, -0.05) is 24.4 Å². The van der Waals surface area contributed by atoms with Crippen molar-refractivity contribution >= 4 is 17.3 Å². The van der Waals surface area contributed by atoms with Gasteiger partial charge in [0.15, 0.2) is 0 Å². The van der Waals surface area contributed by atoms with Gasteiger partial charge < -0.3 is 10.4 Å². The molecule has 0 saturated heterocycles. The summed E-state index contributed by atoms with van der Waals surface area (Å²) < 4.78 is 1.19. The van der Waals surface area contributed by atoms with E-state index in [1.54, 1.807) is 7.05 Å². The molecule has 0 aliphatic heterocycles. The Labute approximate surface area is 104 Å². The Bertz CT molecular complexity index is 461. The van der Waals surface area contributed by atoms with Crippen LogP contribution in [-0.2, 0) is 7.05 Å². The number of hydrogen-bond donors (Lipinski definition) is 2. The number of aliphatic hydroxyl groups excluding tert-OH is 1. The van der Waals surface area contributed by atoms with Crippen LogP contribution in [0, 0.1) is 0 Å². The highest BCUT2D eigenvalue weighted by Crippen LogP contribution is 2.24. The second kappa shape index (κ2) is 5.06. The van der Waals surface area contributed by atoms with Crippen LogP contribution in [0.3, 0.4) is 0 Å². The van der Waals surface area contributed by atoms with Crippen LogP contribution in [0.5, 0.6) is 0 Å². The SMILES string of the molecule is Cn1ncc(N[C@H]2CCCC[C@@H]2O)c(Cl)c1=O. The van der Waals surface area contributed by atoms with Gasteiger partial charge >= 0.3 is 0 Å². The number of nitrogens with zero attached hydrogens (tertiary/aromatic N) is 2. The first-order chi connectivity index (χ1) is 8.09. The molecule has 0 bridgehead atoms. The summed E-state index contributed by atoms with van der Waals surface area (Å²) in [6, 6.07) is -0.0462. The molecular formula is C11H16ClN3O2. The lowest BCUT2D eigenvalue weighted by Crippen LogP contribution is -2.37. The molecule has 0 aromatic carbocycles. The van der Waals surface area contributed by atoms with E-state index in [1.165, 1.54) is 10.9 Å². The van der Waals surface area contributed by atoms with Crippen molar-refractivity contribution in [3.63, 3.8) is 0 Å². The molecule has 1 fully saturated rings. The number of rotatable bonds is 2. The van der Waals surface area contributed by atoms with Gasteiger partial charge in [0.05, 0.1) is 24.0 Å². The molecule has 2 rings (SSSR count). The molecule has 94 valence electrons. The van der Waals surface area contributed by atoms with E-state index in [0.717, 1.165) is 25.7 Å². The Morgan fingerprint density at radius 2 is 2.24 bits per heavy atom. The predicted octanol–water partition coefficient (Wildman–Crippen LogP) is 1.15. The summed E-state index contributed by atoms with van der Waals surface area (Å²) in [6.07, 6.45) is 4.92. The van der Waals surface area contributed by atoms with Gasteiger partial charge in [-0.2, -0.15) is 5.10 Å². The van der Waals surface area contributed by atoms with Crippen molar-refractivity contribution < 1.29 is 5.11 Å². The fraction of sp³-hybridized carbons (Fsp3) is 0.636. The molecule has 0 unspecified atom stereocenters. The van der Waals surface area contributed by atoms with Gasteiger partial charge in [-0.25, -0.2) is 4.68 Å². The van der Waals surface area contributed by atoms with E-state index in [2.05, 4.69) is 10.4 Å². The van der Waals surface area contributed by atoms with Crippen molar-refractivity contribution in [1.29, 1.82) is 0 Å². The second-order valence-corrected chi connectivity index (χ2v) is 4.78. The van der Waals surface area contributed by atoms with Crippen LogP contribution in [0.2, 0.25) is 5.02 Å². The third-order valence-electron chi connectivity index (χ3n) is 3.15. The standard InChI is InChI=1S/C11H16ClN3O2/c1-15-11(17)10(12)8(6-13-15)14-7-4-2-3-5-9(7)16/h6-7,9,14,16H,2-5H2,1H3/t7-,9-/m0/s1. The molecule has 1 aromatic heterocycles. The summed E-state index contributed by atoms with van der Waals surface area (Å²) in [5, 5.41) is 17.0. The molecule has 0 radical (unpaired) electrons. The van der Waals surface area contributed by atoms with Crippen LogP contribution in [0.15, 0.2) is 11.0 Å². The zero-order valence-electron chi connectivity index (χ0n) is 9.69. The highest BCUT2D eigenvalue weighted by molar-refractivity contribution is 6.32. The molecular weight excluding hydrogens is 242 g/mol. The molecule has 1 saturated carbocycles. The Morgan fingerprint density at radius 3 is 2.94 bits per heavy atom. The van der Waals surface area contributed by atoms with E-state index in [9.17, 15) is 9.90 Å². The second-order valence-electron chi connectivity index (χ2n) is 4.40. The Morgan fingerprint density at radius 1 is 1.53 bits per heavy atom. The Kier molecular flexibility index (Phi) is 3.69. The van der Waals surface area contributed by atoms with Crippen LogP contribution in [0.4, 0.5) is 5.69 Å². The summed E-state index contributed by atoms with van der Waals surface area (Å²) >= 11 is 5.95. The molecule has 1 heterocycles. The molecule has 1 aromatic rings. The Hall–Kier alpha value is -1.07. The first kappa shape index (κ1) is 12.4. The minimum Gasteiger partial charge on any atom is -0.391 e. The number of nitrogens with one attached hydrogen (secondary N) is 1. The molecule has 17 heavy (non-hydrogen) atoms. The summed E-state index contributed by atoms with van der Waals surface area (Å²) in [5.41, 5.74) is 0.169. The smallest absolute Gasteiger partial charge is 0.287 e. The highest BCUT2D eigenvalue weighted by atomic mass is 35.5. The molecule has 0 amide bonds. The zero-order valence-corrected chi connectivity index (χ0v) is 10.4. The number of aromatic nitrogens is 2. The van der Waals surface area contributed by atoms with Gasteiger partial charge in [-0.15, -0.1) is 0 Å². The first-order valence-corrected chi connectivity index (χ1v) is 6.14. The van der Waals surface area contributed by atoms with E-state index in [1.807, 2.05) is 0 Å². The Balaban J connectivity index is 2.18. The number of hydrogen-bond acceptors (Lipinski definition) is 4. The predicted molar refractivity (Wildman–Crippen MR) is 66.4 cm³/mol. The maximum absolute atomic E-state index is 11.6. The van der Waals surface area contributed by atoms with E-state index in [4.69, 9.17) is 11.6 Å². The van der Waals surface area contributed by atoms with Crippen LogP contribution >= 0.6 is 11.6 Å². The van der Waals surface area contributed by atoms with Crippen molar-refractivity contribution in [3.05, 3.63) is 21.6 Å². The lowest BCUT2D eigenvalue weighted by atomic mass is 9.92. The van der Waals surface area contributed by atoms with Crippen molar-refractivity contribution in [1.82, 2.24) is 9.78 Å². The van der Waals surface area contributed by atoms with Crippen molar-refractivity contribution in [2.24, 2.45) is 7.05 Å². The van der Waals surface area contributed by atoms with Crippen LogP contribution < -0.4 is 10.9 Å². The molecule has 6 heteroatoms. The first-order valence-electron chi connectivity index (χ1n) is 5.76. The number of aryl methyl sites for hydroxylation is 1. The summed E-state index contributed by atoms with van der Waals surface area (Å²) in [4.78, 5) is 11.6. The number of aliphatic hydroxyl groups is 1. The van der Waals surface area contributed by atoms with E-state index < -0.39 is 0 Å². The number of anilines is 1. The third-order valence-corrected chi connectivity index (χ3v) is 3.51. The van der Waals surface area contributed by atoms with Gasteiger partial charge in [-0.3, -0.25) is 4.79 Å². The highest BCUT2D eigenvalue weighted by Gasteiger charge is 2.23. The largest absolute Gasteiger partial charge is 0.391 e. The summed E-state index contributed by atoms with van der Waals surface area (Å²) in [5.74, 6) is 0. The van der Waals surface area contributed by atoms with Crippen molar-refractivity contribution in [2.45, 2.75) is 37.8 Å². The molecule has 2 atom stereocenters. The maximum atomic E-state index is 11.6. The minimum absolute atomic E-state index is 0.0462. The molecule has 5 nitrogen and oxygen atoms in total. The quantitative estimate of drug-likeness (QED) is 0.834. The van der Waals surface area contributed by atoms with Gasteiger partial charge in [-0.05, 0) is 12.8 Å². The van der Waals surface area contributed by atoms with Crippen molar-refractivity contribution in [2.75, 3.05) is 5.32 Å². The monoisotopic (exact) mass is 257 g/mol. The van der Waals surface area contributed by atoms with E-state index in [0.29, 0.717) is 5.69 Å². The maximum Gasteiger partial charge on any atom is 0.287 e. The molecule has 0 spiro atoms. The van der Waals surface area contributed by atoms with Crippen LogP contribution in [0.1, 0.15) is 25.7 Å². The molecule has 1 aliphatic rings. The van der Waals surface area contributed by atoms with Gasteiger partial charge in [0.25, 0.3) is 5.56 Å². The average Bonchev–Trinajstić information content (AvgIpc) is 2.32. The third kappa shape index (κ3) is 2.61. The zero-order chi connectivity index (χ0) is 12.4. The van der Waals surface area contributed by atoms with Gasteiger partial charge in [0.2, 0.25) is 0 Å². The van der Waals surface area contributed by atoms with E-state index in [-0.39, 0.29) is 22.7 Å². The van der Waals surface area contributed by atoms with Crippen LogP contribution in [0.25, 0.3) is 0 Å². The average molecular weight is 258 g/mol. The fourth-order valence-electron chi connectivity index (χ4n) is 2.09. The summed E-state index contributed by atoms with van der Waals surface area (Å²) in [6.45, 7) is 0. The lowest BCUT2D eigenvalue weighted by molar-refractivity contribution is 0.116. The molecule has 1 aliphatic carbocycles. The normalized spacial score (nSPS) is 24.6. The van der Waals surface area contributed by atoms with E-state index >= 15 is 0 Å². The topological polar surface area (TPSA) is 67.2 Å². The van der Waals surface area contributed by atoms with Gasteiger partial charge in [0.1, 0.15) is 5.02 Å². The lowest BCUT2D eigenvalue weighted by Gasteiger charge is -2.29. The van der Waals surface area contributed by atoms with Crippen molar-refractivity contribution in [3.8, 4) is 0 Å². The number of halogens is 1.